The lowest BCUT2D eigenvalue weighted by Gasteiger charge is -2.31. The first-order valence-corrected chi connectivity index (χ1v) is 10.3. The molecule has 0 aliphatic carbocycles. The second kappa shape index (κ2) is 6.84. The number of hydrogen-bond acceptors (Lipinski definition) is 6. The second-order valence-corrected chi connectivity index (χ2v) is 8.85. The van der Waals surface area contributed by atoms with Gasteiger partial charge in [0.05, 0.1) is 11.4 Å². The van der Waals surface area contributed by atoms with Crippen molar-refractivity contribution in [2.45, 2.75) is 39.2 Å². The Bertz CT molecular complexity index is 699. The summed E-state index contributed by atoms with van der Waals surface area (Å²) < 4.78 is 26.4. The van der Waals surface area contributed by atoms with E-state index in [0.29, 0.717) is 25.9 Å². The fourth-order valence-electron chi connectivity index (χ4n) is 3.41. The molecule has 0 amide bonds. The molecule has 1 aromatic rings. The lowest BCUT2D eigenvalue weighted by Crippen LogP contribution is -2.39. The van der Waals surface area contributed by atoms with Crippen molar-refractivity contribution in [3.63, 3.8) is 0 Å². The van der Waals surface area contributed by atoms with Crippen molar-refractivity contribution in [1.29, 1.82) is 0 Å². The highest BCUT2D eigenvalue weighted by atomic mass is 32.2. The maximum Gasteiger partial charge on any atom is 0.227 e. The van der Waals surface area contributed by atoms with Crippen LogP contribution in [0.2, 0.25) is 0 Å². The van der Waals surface area contributed by atoms with Gasteiger partial charge in [0, 0.05) is 52.3 Å². The van der Waals surface area contributed by atoms with Gasteiger partial charge in [0.1, 0.15) is 5.82 Å². The summed E-state index contributed by atoms with van der Waals surface area (Å²) in [6.07, 6.45) is 3.65. The van der Waals surface area contributed by atoms with Crippen LogP contribution in [0, 0.1) is 0 Å². The van der Waals surface area contributed by atoms with Crippen molar-refractivity contribution < 1.29 is 8.42 Å². The Morgan fingerprint density at radius 2 is 1.83 bits per heavy atom. The Labute approximate surface area is 144 Å². The molecule has 2 aliphatic heterocycles. The molecule has 0 bridgehead atoms. The fraction of sp³-hybridized carbons (Fsp3) is 0.750. The molecule has 1 saturated heterocycles. The van der Waals surface area contributed by atoms with Crippen LogP contribution in [-0.4, -0.2) is 62.2 Å². The molecule has 2 aliphatic rings. The molecule has 3 rings (SSSR count). The summed E-state index contributed by atoms with van der Waals surface area (Å²) in [7, 11) is 0.713. The van der Waals surface area contributed by atoms with Crippen LogP contribution in [0.1, 0.15) is 37.4 Å². The van der Waals surface area contributed by atoms with E-state index in [0.717, 1.165) is 36.1 Å². The SMILES string of the molecule is CCCS(=O)(=O)N1CCc2nc(N3CCCC3)nc(N(C)C)c2C1. The monoisotopic (exact) mass is 353 g/mol. The Balaban J connectivity index is 1.95. The van der Waals surface area contributed by atoms with Crippen LogP contribution >= 0.6 is 0 Å². The zero-order valence-corrected chi connectivity index (χ0v) is 15.6. The minimum atomic E-state index is -3.20. The number of hydrogen-bond donors (Lipinski definition) is 0. The molecule has 0 N–H and O–H groups in total. The molecule has 24 heavy (non-hydrogen) atoms. The number of rotatable bonds is 5. The van der Waals surface area contributed by atoms with Gasteiger partial charge in [-0.2, -0.15) is 9.29 Å². The topological polar surface area (TPSA) is 69.6 Å². The van der Waals surface area contributed by atoms with Crippen molar-refractivity contribution in [1.82, 2.24) is 14.3 Å². The van der Waals surface area contributed by atoms with Crippen LogP contribution < -0.4 is 9.80 Å². The van der Waals surface area contributed by atoms with Gasteiger partial charge in [-0.1, -0.05) is 6.92 Å². The molecular weight excluding hydrogens is 326 g/mol. The molecule has 0 saturated carbocycles. The molecule has 0 atom stereocenters. The lowest BCUT2D eigenvalue weighted by molar-refractivity contribution is 0.387. The number of anilines is 2. The average Bonchev–Trinajstić information content (AvgIpc) is 3.07. The van der Waals surface area contributed by atoms with Crippen LogP contribution in [-0.2, 0) is 23.0 Å². The predicted molar refractivity (Wildman–Crippen MR) is 96.0 cm³/mol. The molecule has 7 nitrogen and oxygen atoms in total. The first kappa shape index (κ1) is 17.4. The molecule has 1 aromatic heterocycles. The maximum atomic E-state index is 12.4. The van der Waals surface area contributed by atoms with E-state index in [1.807, 2.05) is 25.9 Å². The van der Waals surface area contributed by atoms with Crippen LogP contribution in [0.5, 0.6) is 0 Å². The van der Waals surface area contributed by atoms with Crippen molar-refractivity contribution in [3.05, 3.63) is 11.3 Å². The van der Waals surface area contributed by atoms with Crippen molar-refractivity contribution in [2.24, 2.45) is 0 Å². The Morgan fingerprint density at radius 3 is 2.46 bits per heavy atom. The number of aromatic nitrogens is 2. The summed E-state index contributed by atoms with van der Waals surface area (Å²) in [6.45, 7) is 4.79. The predicted octanol–water partition coefficient (Wildman–Crippen LogP) is 1.24. The van der Waals surface area contributed by atoms with E-state index in [-0.39, 0.29) is 5.75 Å². The van der Waals surface area contributed by atoms with E-state index < -0.39 is 10.0 Å². The Morgan fingerprint density at radius 1 is 1.12 bits per heavy atom. The van der Waals surface area contributed by atoms with Gasteiger partial charge in [-0.15, -0.1) is 0 Å². The standard InChI is InChI=1S/C16H27N5O2S/c1-4-11-24(22,23)21-10-7-14-13(12-21)15(19(2)3)18-16(17-14)20-8-5-6-9-20/h4-12H2,1-3H3. The van der Waals surface area contributed by atoms with Crippen molar-refractivity contribution >= 4 is 21.8 Å². The first-order valence-electron chi connectivity index (χ1n) is 8.72. The zero-order chi connectivity index (χ0) is 17.3. The number of fused-ring (bicyclic) bond motifs is 1. The summed E-state index contributed by atoms with van der Waals surface area (Å²) in [4.78, 5) is 13.7. The van der Waals surface area contributed by atoms with E-state index in [9.17, 15) is 8.42 Å². The highest BCUT2D eigenvalue weighted by Gasteiger charge is 2.30. The van der Waals surface area contributed by atoms with Gasteiger partial charge in [-0.3, -0.25) is 0 Å². The summed E-state index contributed by atoms with van der Waals surface area (Å²) in [5.74, 6) is 1.84. The molecule has 134 valence electrons. The van der Waals surface area contributed by atoms with E-state index in [1.54, 1.807) is 4.31 Å². The van der Waals surface area contributed by atoms with Crippen molar-refractivity contribution in [2.75, 3.05) is 49.3 Å². The quantitative estimate of drug-likeness (QED) is 0.793. The summed E-state index contributed by atoms with van der Waals surface area (Å²) in [6, 6.07) is 0. The van der Waals surface area contributed by atoms with Gasteiger partial charge in [0.15, 0.2) is 0 Å². The molecule has 3 heterocycles. The van der Waals surface area contributed by atoms with Gasteiger partial charge in [0.2, 0.25) is 16.0 Å². The minimum absolute atomic E-state index is 0.201. The van der Waals surface area contributed by atoms with Crippen molar-refractivity contribution in [3.8, 4) is 0 Å². The third-order valence-corrected chi connectivity index (χ3v) is 6.68. The zero-order valence-electron chi connectivity index (χ0n) is 14.8. The molecule has 0 spiro atoms. The Kier molecular flexibility index (Phi) is 4.96. The van der Waals surface area contributed by atoms with Crippen LogP contribution in [0.4, 0.5) is 11.8 Å². The van der Waals surface area contributed by atoms with E-state index in [2.05, 4.69) is 4.90 Å². The first-order chi connectivity index (χ1) is 11.4. The van der Waals surface area contributed by atoms with Crippen LogP contribution in [0.3, 0.4) is 0 Å². The largest absolute Gasteiger partial charge is 0.362 e. The van der Waals surface area contributed by atoms with Crippen LogP contribution in [0.15, 0.2) is 0 Å². The summed E-state index contributed by atoms with van der Waals surface area (Å²) >= 11 is 0. The summed E-state index contributed by atoms with van der Waals surface area (Å²) in [5, 5.41) is 0. The number of nitrogens with zero attached hydrogens (tertiary/aromatic N) is 5. The molecule has 0 radical (unpaired) electrons. The molecular formula is C16H27N5O2S. The Hall–Kier alpha value is -1.41. The van der Waals surface area contributed by atoms with Gasteiger partial charge in [0.25, 0.3) is 0 Å². The van der Waals surface area contributed by atoms with E-state index in [1.165, 1.54) is 12.8 Å². The highest BCUT2D eigenvalue weighted by molar-refractivity contribution is 7.89. The highest BCUT2D eigenvalue weighted by Crippen LogP contribution is 2.30. The third-order valence-electron chi connectivity index (χ3n) is 4.66. The molecule has 0 aromatic carbocycles. The smallest absolute Gasteiger partial charge is 0.227 e. The fourth-order valence-corrected chi connectivity index (χ4v) is 4.88. The lowest BCUT2D eigenvalue weighted by atomic mass is 10.1. The third kappa shape index (κ3) is 3.35. The van der Waals surface area contributed by atoms with E-state index in [4.69, 9.17) is 9.97 Å². The van der Waals surface area contributed by atoms with Crippen LogP contribution in [0.25, 0.3) is 0 Å². The number of sulfonamides is 1. The average molecular weight is 353 g/mol. The minimum Gasteiger partial charge on any atom is -0.362 e. The van der Waals surface area contributed by atoms with Gasteiger partial charge >= 0.3 is 0 Å². The van der Waals surface area contributed by atoms with Gasteiger partial charge in [-0.05, 0) is 19.3 Å². The maximum absolute atomic E-state index is 12.4. The molecule has 1 fully saturated rings. The second-order valence-electron chi connectivity index (χ2n) is 6.76. The van der Waals surface area contributed by atoms with Gasteiger partial charge < -0.3 is 9.80 Å². The molecule has 8 heteroatoms. The summed E-state index contributed by atoms with van der Waals surface area (Å²) in [5.41, 5.74) is 1.95. The van der Waals surface area contributed by atoms with Gasteiger partial charge in [-0.25, -0.2) is 13.4 Å². The normalized spacial score (nSPS) is 18.7. The molecule has 0 unspecified atom stereocenters. The van der Waals surface area contributed by atoms with E-state index >= 15 is 0 Å².